The molecular weight excluding hydrogens is 372 g/mol. The van der Waals surface area contributed by atoms with Gasteiger partial charge in [0.25, 0.3) is 5.91 Å². The zero-order chi connectivity index (χ0) is 21.0. The van der Waals surface area contributed by atoms with Crippen LogP contribution in [0.5, 0.6) is 5.75 Å². The number of benzene rings is 2. The number of carbonyl (C=O) groups excluding carboxylic acids is 2. The summed E-state index contributed by atoms with van der Waals surface area (Å²) in [5.41, 5.74) is 3.30. The number of rotatable bonds is 7. The Labute approximate surface area is 168 Å². The lowest BCUT2D eigenvalue weighted by Crippen LogP contribution is -2.17. The second-order valence-corrected chi connectivity index (χ2v) is 6.49. The highest BCUT2D eigenvalue weighted by Crippen LogP contribution is 2.27. The van der Waals surface area contributed by atoms with Crippen LogP contribution in [0.2, 0.25) is 0 Å². The molecule has 0 saturated carbocycles. The number of methoxy groups -OCH3 is 2. The lowest BCUT2D eigenvalue weighted by atomic mass is 10.1. The minimum Gasteiger partial charge on any atom is -0.495 e. The highest BCUT2D eigenvalue weighted by molar-refractivity contribution is 6.05. The number of nitrogens with one attached hydrogen (secondary N) is 1. The molecule has 1 aromatic heterocycles. The SMILES string of the molecule is COCc1c(C(=O)Nc2cc(C(C)=O)ccc2OC)nnn1-c1cccc(C)c1. The highest BCUT2D eigenvalue weighted by atomic mass is 16.5. The van der Waals surface area contributed by atoms with Crippen molar-refractivity contribution in [2.75, 3.05) is 19.5 Å². The third-order valence-electron chi connectivity index (χ3n) is 4.36. The van der Waals surface area contributed by atoms with Crippen LogP contribution < -0.4 is 10.1 Å². The summed E-state index contributed by atoms with van der Waals surface area (Å²) in [7, 11) is 3.03. The number of hydrogen-bond acceptors (Lipinski definition) is 6. The molecule has 0 aliphatic rings. The molecule has 0 atom stereocenters. The van der Waals surface area contributed by atoms with Crippen molar-refractivity contribution in [3.63, 3.8) is 0 Å². The van der Waals surface area contributed by atoms with Gasteiger partial charge in [0.2, 0.25) is 0 Å². The summed E-state index contributed by atoms with van der Waals surface area (Å²) < 4.78 is 12.1. The van der Waals surface area contributed by atoms with E-state index >= 15 is 0 Å². The van der Waals surface area contributed by atoms with Gasteiger partial charge in [-0.15, -0.1) is 5.10 Å². The van der Waals surface area contributed by atoms with Gasteiger partial charge < -0.3 is 14.8 Å². The Kier molecular flexibility index (Phi) is 6.04. The summed E-state index contributed by atoms with van der Waals surface area (Å²) in [5.74, 6) is -0.161. The van der Waals surface area contributed by atoms with Gasteiger partial charge in [0.1, 0.15) is 11.4 Å². The second-order valence-electron chi connectivity index (χ2n) is 6.49. The Morgan fingerprint density at radius 3 is 2.59 bits per heavy atom. The summed E-state index contributed by atoms with van der Waals surface area (Å²) in [5, 5.41) is 11.0. The van der Waals surface area contributed by atoms with E-state index in [4.69, 9.17) is 9.47 Å². The van der Waals surface area contributed by atoms with Crippen LogP contribution in [-0.4, -0.2) is 40.9 Å². The Hall–Kier alpha value is -3.52. The standard InChI is InChI=1S/C21H22N4O4/c1-13-6-5-7-16(10-13)25-18(12-28-3)20(23-24-25)21(27)22-17-11-15(14(2)26)8-9-19(17)29-4/h5-11H,12H2,1-4H3,(H,22,27). The van der Waals surface area contributed by atoms with E-state index in [2.05, 4.69) is 15.6 Å². The maximum atomic E-state index is 12.9. The molecule has 2 aromatic carbocycles. The molecule has 0 aliphatic heterocycles. The van der Waals surface area contributed by atoms with Crippen molar-refractivity contribution < 1.29 is 19.1 Å². The van der Waals surface area contributed by atoms with Crippen LogP contribution in [0.4, 0.5) is 5.69 Å². The predicted molar refractivity (Wildman–Crippen MR) is 108 cm³/mol. The molecule has 0 aliphatic carbocycles. The maximum absolute atomic E-state index is 12.9. The van der Waals surface area contributed by atoms with Gasteiger partial charge >= 0.3 is 0 Å². The first-order valence-corrected chi connectivity index (χ1v) is 8.95. The molecule has 0 spiro atoms. The number of Topliss-reactive ketones (excluding diaryl/α,β-unsaturated/α-hetero) is 1. The molecule has 29 heavy (non-hydrogen) atoms. The molecule has 0 unspecified atom stereocenters. The largest absolute Gasteiger partial charge is 0.495 e. The molecular formula is C21H22N4O4. The van der Waals surface area contributed by atoms with Gasteiger partial charge in [0.05, 0.1) is 25.1 Å². The summed E-state index contributed by atoms with van der Waals surface area (Å²) >= 11 is 0. The van der Waals surface area contributed by atoms with Crippen molar-refractivity contribution in [3.8, 4) is 11.4 Å². The number of carbonyl (C=O) groups is 2. The van der Waals surface area contributed by atoms with E-state index in [1.807, 2.05) is 31.2 Å². The molecule has 150 valence electrons. The van der Waals surface area contributed by atoms with Crippen LogP contribution in [0, 0.1) is 6.92 Å². The first-order valence-electron chi connectivity index (χ1n) is 8.95. The molecule has 8 heteroatoms. The summed E-state index contributed by atoms with van der Waals surface area (Å²) in [6, 6.07) is 12.5. The molecule has 1 amide bonds. The summed E-state index contributed by atoms with van der Waals surface area (Å²) in [6.07, 6.45) is 0. The van der Waals surface area contributed by atoms with E-state index < -0.39 is 5.91 Å². The van der Waals surface area contributed by atoms with E-state index in [1.165, 1.54) is 21.1 Å². The molecule has 1 heterocycles. The molecule has 0 radical (unpaired) electrons. The quantitative estimate of drug-likeness (QED) is 0.619. The fourth-order valence-corrected chi connectivity index (χ4v) is 2.92. The van der Waals surface area contributed by atoms with E-state index in [0.717, 1.165) is 11.3 Å². The Bertz CT molecular complexity index is 1060. The topological polar surface area (TPSA) is 95.3 Å². The van der Waals surface area contributed by atoms with Crippen LogP contribution in [0.15, 0.2) is 42.5 Å². The number of ketones is 1. The lowest BCUT2D eigenvalue weighted by Gasteiger charge is -2.11. The van der Waals surface area contributed by atoms with Gasteiger partial charge in [-0.25, -0.2) is 4.68 Å². The van der Waals surface area contributed by atoms with Crippen molar-refractivity contribution >= 4 is 17.4 Å². The zero-order valence-electron chi connectivity index (χ0n) is 16.7. The highest BCUT2D eigenvalue weighted by Gasteiger charge is 2.22. The third-order valence-corrected chi connectivity index (χ3v) is 4.36. The van der Waals surface area contributed by atoms with Crippen molar-refractivity contribution in [1.29, 1.82) is 0 Å². The maximum Gasteiger partial charge on any atom is 0.278 e. The first-order chi connectivity index (χ1) is 13.9. The summed E-state index contributed by atoms with van der Waals surface area (Å²) in [4.78, 5) is 24.6. The lowest BCUT2D eigenvalue weighted by molar-refractivity contribution is 0.100. The summed E-state index contributed by atoms with van der Waals surface area (Å²) in [6.45, 7) is 3.57. The molecule has 3 aromatic rings. The van der Waals surface area contributed by atoms with Crippen molar-refractivity contribution in [2.24, 2.45) is 0 Å². The van der Waals surface area contributed by atoms with Crippen molar-refractivity contribution in [2.45, 2.75) is 20.5 Å². The second kappa shape index (κ2) is 8.66. The number of amides is 1. The normalized spacial score (nSPS) is 10.6. The Morgan fingerprint density at radius 1 is 1.14 bits per heavy atom. The smallest absolute Gasteiger partial charge is 0.278 e. The number of aryl methyl sites for hydroxylation is 1. The number of ether oxygens (including phenoxy) is 2. The fourth-order valence-electron chi connectivity index (χ4n) is 2.92. The van der Waals surface area contributed by atoms with Gasteiger partial charge in [0, 0.05) is 12.7 Å². The molecule has 0 bridgehead atoms. The van der Waals surface area contributed by atoms with E-state index in [0.29, 0.717) is 22.7 Å². The van der Waals surface area contributed by atoms with Gasteiger partial charge in [-0.2, -0.15) is 0 Å². The van der Waals surface area contributed by atoms with Crippen LogP contribution in [0.25, 0.3) is 5.69 Å². The predicted octanol–water partition coefficient (Wildman–Crippen LogP) is 3.19. The molecule has 8 nitrogen and oxygen atoms in total. The van der Waals surface area contributed by atoms with Crippen LogP contribution in [0.3, 0.4) is 0 Å². The molecule has 1 N–H and O–H groups in total. The van der Waals surface area contributed by atoms with Crippen LogP contribution in [0.1, 0.15) is 39.0 Å². The fraction of sp³-hybridized carbons (Fsp3) is 0.238. The Morgan fingerprint density at radius 2 is 1.93 bits per heavy atom. The number of nitrogens with zero attached hydrogens (tertiary/aromatic N) is 3. The number of aromatic nitrogens is 3. The average molecular weight is 394 g/mol. The average Bonchev–Trinajstić information content (AvgIpc) is 3.12. The van der Waals surface area contributed by atoms with E-state index in [-0.39, 0.29) is 18.1 Å². The monoisotopic (exact) mass is 394 g/mol. The van der Waals surface area contributed by atoms with Gasteiger partial charge in [-0.1, -0.05) is 17.3 Å². The van der Waals surface area contributed by atoms with Gasteiger partial charge in [-0.05, 0) is 49.7 Å². The van der Waals surface area contributed by atoms with Crippen molar-refractivity contribution in [3.05, 3.63) is 65.0 Å². The number of anilines is 1. The first kappa shape index (κ1) is 20.2. The molecule has 0 fully saturated rings. The zero-order valence-corrected chi connectivity index (χ0v) is 16.7. The minimum atomic E-state index is -0.477. The number of hydrogen-bond donors (Lipinski definition) is 1. The van der Waals surface area contributed by atoms with Crippen LogP contribution >= 0.6 is 0 Å². The van der Waals surface area contributed by atoms with Gasteiger partial charge in [0.15, 0.2) is 11.5 Å². The van der Waals surface area contributed by atoms with Gasteiger partial charge in [-0.3, -0.25) is 9.59 Å². The van der Waals surface area contributed by atoms with Crippen molar-refractivity contribution in [1.82, 2.24) is 15.0 Å². The van der Waals surface area contributed by atoms with E-state index in [9.17, 15) is 9.59 Å². The minimum absolute atomic E-state index is 0.117. The van der Waals surface area contributed by atoms with E-state index in [1.54, 1.807) is 22.9 Å². The molecule has 0 saturated heterocycles. The molecule has 3 rings (SSSR count). The third kappa shape index (κ3) is 4.33. The Balaban J connectivity index is 1.98. The van der Waals surface area contributed by atoms with Crippen LogP contribution in [-0.2, 0) is 11.3 Å².